The first kappa shape index (κ1) is 16.2. The van der Waals surface area contributed by atoms with Gasteiger partial charge in [-0.05, 0) is 35.7 Å². The van der Waals surface area contributed by atoms with Crippen LogP contribution in [0.3, 0.4) is 0 Å². The Labute approximate surface area is 143 Å². The second-order valence-corrected chi connectivity index (χ2v) is 5.76. The molecular weight excluding hydrogens is 296 g/mol. The van der Waals surface area contributed by atoms with E-state index in [9.17, 15) is 0 Å². The van der Waals surface area contributed by atoms with E-state index in [-0.39, 0.29) is 0 Å². The van der Waals surface area contributed by atoms with Crippen molar-refractivity contribution < 1.29 is 4.74 Å². The number of rotatable bonds is 7. The summed E-state index contributed by atoms with van der Waals surface area (Å²) >= 11 is 0. The highest BCUT2D eigenvalue weighted by molar-refractivity contribution is 5.38. The first-order valence-corrected chi connectivity index (χ1v) is 8.17. The van der Waals surface area contributed by atoms with Crippen molar-refractivity contribution in [3.05, 3.63) is 95.2 Å². The van der Waals surface area contributed by atoms with E-state index in [1.165, 1.54) is 16.7 Å². The first-order chi connectivity index (χ1) is 11.8. The van der Waals surface area contributed by atoms with E-state index in [4.69, 9.17) is 4.74 Å². The molecule has 0 unspecified atom stereocenters. The molecule has 1 N–H and O–H groups in total. The number of anilines is 1. The van der Waals surface area contributed by atoms with Crippen LogP contribution in [-0.4, -0.2) is 4.98 Å². The third-order valence-corrected chi connectivity index (χ3v) is 3.84. The van der Waals surface area contributed by atoms with Gasteiger partial charge in [-0.15, -0.1) is 0 Å². The molecule has 0 aliphatic rings. The van der Waals surface area contributed by atoms with Crippen LogP contribution in [0.25, 0.3) is 0 Å². The molecule has 0 fully saturated rings. The SMILES string of the molecule is Cc1cccc(NCc2ccccc2COCc2ccccc2)n1. The molecule has 0 aliphatic heterocycles. The predicted octanol–water partition coefficient (Wildman–Crippen LogP) is 4.72. The lowest BCUT2D eigenvalue weighted by Gasteiger charge is -2.12. The van der Waals surface area contributed by atoms with Crippen molar-refractivity contribution >= 4 is 5.82 Å². The van der Waals surface area contributed by atoms with Gasteiger partial charge >= 0.3 is 0 Å². The Morgan fingerprint density at radius 1 is 0.792 bits per heavy atom. The van der Waals surface area contributed by atoms with Crippen LogP contribution in [0, 0.1) is 6.92 Å². The van der Waals surface area contributed by atoms with Crippen molar-refractivity contribution in [3.8, 4) is 0 Å². The summed E-state index contributed by atoms with van der Waals surface area (Å²) < 4.78 is 5.87. The maximum Gasteiger partial charge on any atom is 0.126 e. The molecule has 0 amide bonds. The zero-order valence-electron chi connectivity index (χ0n) is 13.9. The lowest BCUT2D eigenvalue weighted by atomic mass is 10.1. The second-order valence-electron chi connectivity index (χ2n) is 5.76. The molecule has 122 valence electrons. The largest absolute Gasteiger partial charge is 0.372 e. The van der Waals surface area contributed by atoms with Crippen LogP contribution in [0.4, 0.5) is 5.82 Å². The van der Waals surface area contributed by atoms with Crippen LogP contribution in [-0.2, 0) is 24.5 Å². The minimum Gasteiger partial charge on any atom is -0.372 e. The molecule has 0 bridgehead atoms. The summed E-state index contributed by atoms with van der Waals surface area (Å²) in [7, 11) is 0. The Hall–Kier alpha value is -2.65. The average Bonchev–Trinajstić information content (AvgIpc) is 2.62. The van der Waals surface area contributed by atoms with Crippen LogP contribution in [0.5, 0.6) is 0 Å². The molecule has 0 atom stereocenters. The van der Waals surface area contributed by atoms with Crippen LogP contribution in [0.1, 0.15) is 22.4 Å². The standard InChI is InChI=1S/C21H22N2O/c1-17-8-7-13-21(23-17)22-14-19-11-5-6-12-20(19)16-24-15-18-9-3-2-4-10-18/h2-13H,14-16H2,1H3,(H,22,23). The summed E-state index contributed by atoms with van der Waals surface area (Å²) in [6.45, 7) is 3.97. The number of hydrogen-bond acceptors (Lipinski definition) is 3. The Morgan fingerprint density at radius 2 is 1.54 bits per heavy atom. The number of nitrogens with one attached hydrogen (secondary N) is 1. The van der Waals surface area contributed by atoms with E-state index in [0.29, 0.717) is 13.2 Å². The van der Waals surface area contributed by atoms with Gasteiger partial charge in [0.25, 0.3) is 0 Å². The summed E-state index contributed by atoms with van der Waals surface area (Å²) in [6, 6.07) is 24.6. The van der Waals surface area contributed by atoms with E-state index >= 15 is 0 Å². The molecule has 0 spiro atoms. The van der Waals surface area contributed by atoms with Crippen molar-refractivity contribution in [3.63, 3.8) is 0 Å². The molecule has 0 saturated heterocycles. The fourth-order valence-electron chi connectivity index (χ4n) is 2.55. The molecule has 1 heterocycles. The Kier molecular flexibility index (Phi) is 5.59. The molecule has 1 aromatic heterocycles. The summed E-state index contributed by atoms with van der Waals surface area (Å²) in [5, 5.41) is 3.38. The zero-order valence-corrected chi connectivity index (χ0v) is 13.9. The molecule has 0 saturated carbocycles. The highest BCUT2D eigenvalue weighted by Crippen LogP contribution is 2.14. The van der Waals surface area contributed by atoms with E-state index in [1.807, 2.05) is 43.3 Å². The summed E-state index contributed by atoms with van der Waals surface area (Å²) in [4.78, 5) is 4.48. The Morgan fingerprint density at radius 3 is 2.33 bits per heavy atom. The minimum atomic E-state index is 0.605. The van der Waals surface area contributed by atoms with Crippen LogP contribution < -0.4 is 5.32 Å². The molecule has 0 radical (unpaired) electrons. The normalized spacial score (nSPS) is 10.5. The quantitative estimate of drug-likeness (QED) is 0.684. The fraction of sp³-hybridized carbons (Fsp3) is 0.190. The lowest BCUT2D eigenvalue weighted by molar-refractivity contribution is 0.106. The molecule has 24 heavy (non-hydrogen) atoms. The van der Waals surface area contributed by atoms with Gasteiger partial charge in [0.1, 0.15) is 5.82 Å². The monoisotopic (exact) mass is 318 g/mol. The highest BCUT2D eigenvalue weighted by Gasteiger charge is 2.03. The third-order valence-electron chi connectivity index (χ3n) is 3.84. The van der Waals surface area contributed by atoms with Gasteiger partial charge in [-0.3, -0.25) is 0 Å². The Balaban J connectivity index is 1.58. The number of aromatic nitrogens is 1. The van der Waals surface area contributed by atoms with Crippen molar-refractivity contribution in [2.75, 3.05) is 5.32 Å². The molecule has 3 aromatic rings. The van der Waals surface area contributed by atoms with Crippen molar-refractivity contribution in [1.29, 1.82) is 0 Å². The van der Waals surface area contributed by atoms with Crippen molar-refractivity contribution in [2.24, 2.45) is 0 Å². The van der Waals surface area contributed by atoms with Crippen molar-refractivity contribution in [2.45, 2.75) is 26.7 Å². The van der Waals surface area contributed by atoms with Crippen LogP contribution in [0.15, 0.2) is 72.8 Å². The van der Waals surface area contributed by atoms with Crippen molar-refractivity contribution in [1.82, 2.24) is 4.98 Å². The van der Waals surface area contributed by atoms with Gasteiger partial charge in [0, 0.05) is 12.2 Å². The number of pyridine rings is 1. The van der Waals surface area contributed by atoms with Gasteiger partial charge in [-0.1, -0.05) is 60.7 Å². The van der Waals surface area contributed by atoms with E-state index < -0.39 is 0 Å². The van der Waals surface area contributed by atoms with Crippen LogP contribution in [0.2, 0.25) is 0 Å². The number of ether oxygens (including phenoxy) is 1. The molecule has 3 rings (SSSR count). The zero-order chi connectivity index (χ0) is 16.6. The average molecular weight is 318 g/mol. The summed E-state index contributed by atoms with van der Waals surface area (Å²) in [5.74, 6) is 0.898. The van der Waals surface area contributed by atoms with Gasteiger partial charge in [0.05, 0.1) is 13.2 Å². The van der Waals surface area contributed by atoms with Gasteiger partial charge < -0.3 is 10.1 Å². The summed E-state index contributed by atoms with van der Waals surface area (Å²) in [5.41, 5.74) is 4.64. The number of benzene rings is 2. The maximum absolute atomic E-state index is 5.87. The molecule has 3 nitrogen and oxygen atoms in total. The minimum absolute atomic E-state index is 0.605. The van der Waals surface area contributed by atoms with Gasteiger partial charge in [0.2, 0.25) is 0 Å². The first-order valence-electron chi connectivity index (χ1n) is 8.17. The number of nitrogens with zero attached hydrogens (tertiary/aromatic N) is 1. The molecule has 0 aliphatic carbocycles. The van der Waals surface area contributed by atoms with E-state index in [1.54, 1.807) is 0 Å². The fourth-order valence-corrected chi connectivity index (χ4v) is 2.55. The highest BCUT2D eigenvalue weighted by atomic mass is 16.5. The summed E-state index contributed by atoms with van der Waals surface area (Å²) in [6.07, 6.45) is 0. The smallest absolute Gasteiger partial charge is 0.126 e. The number of aryl methyl sites for hydroxylation is 1. The van der Waals surface area contributed by atoms with E-state index in [0.717, 1.165) is 18.1 Å². The predicted molar refractivity (Wildman–Crippen MR) is 97.7 cm³/mol. The van der Waals surface area contributed by atoms with Gasteiger partial charge in [0.15, 0.2) is 0 Å². The second kappa shape index (κ2) is 8.27. The van der Waals surface area contributed by atoms with Gasteiger partial charge in [-0.25, -0.2) is 4.98 Å². The molecular formula is C21H22N2O. The van der Waals surface area contributed by atoms with E-state index in [2.05, 4.69) is 46.7 Å². The number of hydrogen-bond donors (Lipinski definition) is 1. The van der Waals surface area contributed by atoms with Crippen LogP contribution >= 0.6 is 0 Å². The topological polar surface area (TPSA) is 34.1 Å². The third kappa shape index (κ3) is 4.67. The molecule has 3 heteroatoms. The Bertz CT molecular complexity index is 772. The molecule has 2 aromatic carbocycles. The maximum atomic E-state index is 5.87. The van der Waals surface area contributed by atoms with Gasteiger partial charge in [-0.2, -0.15) is 0 Å². The lowest BCUT2D eigenvalue weighted by Crippen LogP contribution is -2.05.